The number of nitrogens with one attached hydrogen (secondary N) is 1. The molecule has 2 aromatic heterocycles. The van der Waals surface area contributed by atoms with Gasteiger partial charge in [0, 0.05) is 11.8 Å². The fourth-order valence-electron chi connectivity index (χ4n) is 2.98. The molecule has 0 spiro atoms. The third-order valence-electron chi connectivity index (χ3n) is 4.25. The van der Waals surface area contributed by atoms with Gasteiger partial charge in [0.05, 0.1) is 33.9 Å². The lowest BCUT2D eigenvalue weighted by atomic mass is 10.2. The van der Waals surface area contributed by atoms with Gasteiger partial charge >= 0.3 is 6.09 Å². The van der Waals surface area contributed by atoms with Gasteiger partial charge in [-0.2, -0.15) is 0 Å². The molecule has 3 aromatic rings. The van der Waals surface area contributed by atoms with E-state index in [1.807, 2.05) is 0 Å². The first-order valence-electron chi connectivity index (χ1n) is 9.42. The number of alkyl carbamates (subject to hydrolysis) is 1. The summed E-state index contributed by atoms with van der Waals surface area (Å²) in [6, 6.07) is 5.11. The van der Waals surface area contributed by atoms with E-state index in [-0.39, 0.29) is 27.5 Å². The Morgan fingerprint density at radius 2 is 1.97 bits per heavy atom. The van der Waals surface area contributed by atoms with Crippen molar-refractivity contribution in [3.63, 3.8) is 0 Å². The maximum absolute atomic E-state index is 13.4. The summed E-state index contributed by atoms with van der Waals surface area (Å²) >= 11 is 6.21. The van der Waals surface area contributed by atoms with Gasteiger partial charge in [-0.3, -0.25) is 14.3 Å². The molecule has 10 heteroatoms. The largest absolute Gasteiger partial charge is 0.444 e. The topological polar surface area (TPSA) is 86.1 Å². The lowest BCUT2D eigenvalue weighted by Gasteiger charge is -2.23. The zero-order valence-corrected chi connectivity index (χ0v) is 18.1. The van der Waals surface area contributed by atoms with E-state index in [0.29, 0.717) is 5.52 Å². The summed E-state index contributed by atoms with van der Waals surface area (Å²) in [6.07, 6.45) is -1.21. The molecule has 1 N–H and O–H groups in total. The van der Waals surface area contributed by atoms with Crippen molar-refractivity contribution >= 4 is 28.6 Å². The second-order valence-electron chi connectivity index (χ2n) is 7.89. The Hall–Kier alpha value is -3.07. The molecule has 0 fully saturated rings. The molecule has 7 nitrogen and oxygen atoms in total. The van der Waals surface area contributed by atoms with Crippen molar-refractivity contribution in [2.75, 3.05) is 0 Å². The highest BCUT2D eigenvalue weighted by Gasteiger charge is 2.24. The second kappa shape index (κ2) is 8.58. The van der Waals surface area contributed by atoms with Crippen molar-refractivity contribution < 1.29 is 18.3 Å². The highest BCUT2D eigenvalue weighted by Crippen LogP contribution is 2.25. The van der Waals surface area contributed by atoms with Gasteiger partial charge < -0.3 is 10.1 Å². The predicted octanol–water partition coefficient (Wildman–Crippen LogP) is 4.96. The maximum atomic E-state index is 13.4. The zero-order chi connectivity index (χ0) is 22.9. The second-order valence-corrected chi connectivity index (χ2v) is 8.30. The molecule has 3 rings (SSSR count). The number of aromatic nitrogens is 3. The summed E-state index contributed by atoms with van der Waals surface area (Å²) in [5.74, 6) is 0.110. The van der Waals surface area contributed by atoms with Gasteiger partial charge in [0.15, 0.2) is 0 Å². The number of fused-ring (bicyclic) bond motifs is 1. The number of pyridine rings is 1. The van der Waals surface area contributed by atoms with E-state index in [2.05, 4.69) is 15.3 Å². The van der Waals surface area contributed by atoms with Crippen LogP contribution in [0.1, 0.15) is 51.6 Å². The van der Waals surface area contributed by atoms with Crippen LogP contribution in [0.2, 0.25) is 5.02 Å². The molecule has 0 aliphatic rings. The van der Waals surface area contributed by atoms with Crippen molar-refractivity contribution in [3.8, 4) is 5.69 Å². The third kappa shape index (κ3) is 4.99. The van der Waals surface area contributed by atoms with Gasteiger partial charge in [-0.1, -0.05) is 17.7 Å². The minimum atomic E-state index is -2.78. The molecule has 2 heterocycles. The van der Waals surface area contributed by atoms with Crippen molar-refractivity contribution in [1.29, 1.82) is 0 Å². The van der Waals surface area contributed by atoms with E-state index in [1.54, 1.807) is 39.8 Å². The fraction of sp³-hybridized carbons (Fsp3) is 0.333. The molecule has 1 amide bonds. The van der Waals surface area contributed by atoms with E-state index < -0.39 is 29.7 Å². The van der Waals surface area contributed by atoms with Crippen LogP contribution in [-0.2, 0) is 4.74 Å². The monoisotopic (exact) mass is 450 g/mol. The molecule has 0 saturated carbocycles. The molecule has 0 saturated heterocycles. The number of halogens is 3. The number of amides is 1. The van der Waals surface area contributed by atoms with Crippen LogP contribution < -0.4 is 10.9 Å². The van der Waals surface area contributed by atoms with Crippen LogP contribution in [0.3, 0.4) is 0 Å². The van der Waals surface area contributed by atoms with Gasteiger partial charge in [-0.05, 0) is 45.9 Å². The standard InChI is InChI=1S/C21H21ClF2N4O3/c1-11(26-20(30)31-21(2,3)4)18-27-15-7-5-6-14(22)16(15)19(29)28(18)13-8-12(17(23)24)9-25-10-13/h5-11,17H,1-4H3,(H,26,30)/t11-/m0/s1. The van der Waals surface area contributed by atoms with Gasteiger partial charge in [0.1, 0.15) is 11.4 Å². The Morgan fingerprint density at radius 3 is 2.61 bits per heavy atom. The summed E-state index contributed by atoms with van der Waals surface area (Å²) in [4.78, 5) is 33.9. The number of carbonyl (C=O) groups excluding carboxylic acids is 1. The van der Waals surface area contributed by atoms with Crippen molar-refractivity contribution in [2.45, 2.75) is 45.8 Å². The van der Waals surface area contributed by atoms with Gasteiger partial charge in [-0.15, -0.1) is 0 Å². The molecule has 0 radical (unpaired) electrons. The van der Waals surface area contributed by atoms with Gasteiger partial charge in [0.2, 0.25) is 0 Å². The van der Waals surface area contributed by atoms with Crippen LogP contribution >= 0.6 is 11.6 Å². The van der Waals surface area contributed by atoms with E-state index in [0.717, 1.165) is 16.8 Å². The highest BCUT2D eigenvalue weighted by atomic mass is 35.5. The van der Waals surface area contributed by atoms with E-state index in [9.17, 15) is 18.4 Å². The van der Waals surface area contributed by atoms with Crippen LogP contribution in [-0.4, -0.2) is 26.2 Å². The van der Waals surface area contributed by atoms with Crippen LogP contribution in [0.4, 0.5) is 13.6 Å². The van der Waals surface area contributed by atoms with Crippen LogP contribution in [0.5, 0.6) is 0 Å². The van der Waals surface area contributed by atoms with Gasteiger partial charge in [0.25, 0.3) is 12.0 Å². The SMILES string of the molecule is C[C@H](NC(=O)OC(C)(C)C)c1nc2cccc(Cl)c2c(=O)n1-c1cncc(C(F)F)c1. The lowest BCUT2D eigenvalue weighted by Crippen LogP contribution is -2.37. The number of ether oxygens (including phenoxy) is 1. The van der Waals surface area contributed by atoms with E-state index in [1.165, 1.54) is 12.3 Å². The predicted molar refractivity (Wildman–Crippen MR) is 113 cm³/mol. The molecule has 0 aliphatic carbocycles. The quantitative estimate of drug-likeness (QED) is 0.607. The van der Waals surface area contributed by atoms with Crippen LogP contribution in [0, 0.1) is 0 Å². The van der Waals surface area contributed by atoms with Crippen molar-refractivity contribution in [1.82, 2.24) is 19.9 Å². The third-order valence-corrected chi connectivity index (χ3v) is 4.56. The minimum absolute atomic E-state index is 0.0740. The highest BCUT2D eigenvalue weighted by molar-refractivity contribution is 6.35. The Bertz CT molecular complexity index is 1190. The van der Waals surface area contributed by atoms with Crippen LogP contribution in [0.25, 0.3) is 16.6 Å². The molecule has 0 aliphatic heterocycles. The molecule has 164 valence electrons. The van der Waals surface area contributed by atoms with E-state index >= 15 is 0 Å². The average molecular weight is 451 g/mol. The Kier molecular flexibility index (Phi) is 6.26. The van der Waals surface area contributed by atoms with Crippen molar-refractivity contribution in [3.05, 3.63) is 63.4 Å². The molecule has 1 atom stereocenters. The lowest BCUT2D eigenvalue weighted by molar-refractivity contribution is 0.0505. The summed E-state index contributed by atoms with van der Waals surface area (Å²) in [7, 11) is 0. The number of hydrogen-bond donors (Lipinski definition) is 1. The van der Waals surface area contributed by atoms with Crippen molar-refractivity contribution in [2.24, 2.45) is 0 Å². The van der Waals surface area contributed by atoms with Gasteiger partial charge in [-0.25, -0.2) is 18.6 Å². The number of hydrogen-bond acceptors (Lipinski definition) is 5. The molecule has 0 bridgehead atoms. The minimum Gasteiger partial charge on any atom is -0.444 e. The summed E-state index contributed by atoms with van der Waals surface area (Å²) < 4.78 is 32.8. The first-order valence-corrected chi connectivity index (χ1v) is 9.80. The summed E-state index contributed by atoms with van der Waals surface area (Å²) in [5.41, 5.74) is -1.29. The number of alkyl halides is 2. The molecule has 31 heavy (non-hydrogen) atoms. The number of benzene rings is 1. The summed E-state index contributed by atoms with van der Waals surface area (Å²) in [6.45, 7) is 6.74. The molecule has 1 aromatic carbocycles. The average Bonchev–Trinajstić information content (AvgIpc) is 2.66. The smallest absolute Gasteiger partial charge is 0.408 e. The molecule has 0 unspecified atom stereocenters. The Labute approximate surface area is 182 Å². The van der Waals surface area contributed by atoms with E-state index in [4.69, 9.17) is 16.3 Å². The summed E-state index contributed by atoms with van der Waals surface area (Å²) in [5, 5.41) is 2.91. The zero-order valence-electron chi connectivity index (χ0n) is 17.3. The number of rotatable bonds is 4. The maximum Gasteiger partial charge on any atom is 0.408 e. The van der Waals surface area contributed by atoms with Crippen LogP contribution in [0.15, 0.2) is 41.5 Å². The number of carbonyl (C=O) groups is 1. The Morgan fingerprint density at radius 1 is 1.26 bits per heavy atom. The molecular formula is C21H21ClF2N4O3. The first-order chi connectivity index (χ1) is 14.5. The number of nitrogens with zero attached hydrogens (tertiary/aromatic N) is 3. The fourth-order valence-corrected chi connectivity index (χ4v) is 3.23. The Balaban J connectivity index is 2.20. The first kappa shape index (κ1) is 22.6. The normalized spacial score (nSPS) is 12.8. The molecular weight excluding hydrogens is 430 g/mol.